The van der Waals surface area contributed by atoms with E-state index in [1.54, 1.807) is 25.1 Å². The molecule has 0 amide bonds. The van der Waals surface area contributed by atoms with Gasteiger partial charge in [0.15, 0.2) is 19.7 Å². The molecule has 28 heavy (non-hydrogen) atoms. The number of hydrogen-bond acceptors (Lipinski definition) is 6. The molecular formula is C18H22ClFN2O4S2. The molecule has 1 atom stereocenters. The first kappa shape index (κ1) is 22.6. The molecule has 1 unspecified atom stereocenters. The van der Waals surface area contributed by atoms with Crippen LogP contribution in [0.4, 0.5) is 10.1 Å². The van der Waals surface area contributed by atoms with Gasteiger partial charge in [0.1, 0.15) is 5.82 Å². The molecule has 0 aromatic heterocycles. The zero-order valence-electron chi connectivity index (χ0n) is 15.9. The van der Waals surface area contributed by atoms with Crippen LogP contribution in [0.15, 0.2) is 46.2 Å². The van der Waals surface area contributed by atoms with Crippen LogP contribution in [0.2, 0.25) is 5.02 Å². The summed E-state index contributed by atoms with van der Waals surface area (Å²) in [7, 11) is -3.78. The van der Waals surface area contributed by atoms with Gasteiger partial charge in [0, 0.05) is 29.6 Å². The van der Waals surface area contributed by atoms with Crippen LogP contribution in [0.1, 0.15) is 11.6 Å². The van der Waals surface area contributed by atoms with Crippen LogP contribution in [0.3, 0.4) is 0 Å². The van der Waals surface area contributed by atoms with Crippen LogP contribution >= 0.6 is 11.6 Å². The van der Waals surface area contributed by atoms with E-state index < -0.39 is 31.5 Å². The molecule has 0 radical (unpaired) electrons. The van der Waals surface area contributed by atoms with E-state index in [9.17, 15) is 21.2 Å². The summed E-state index contributed by atoms with van der Waals surface area (Å²) in [6.45, 7) is 0.147. The number of anilines is 1. The van der Waals surface area contributed by atoms with Gasteiger partial charge >= 0.3 is 0 Å². The molecule has 6 nitrogen and oxygen atoms in total. The highest BCUT2D eigenvalue weighted by molar-refractivity contribution is 7.91. The summed E-state index contributed by atoms with van der Waals surface area (Å²) in [6.07, 6.45) is 2.00. The van der Waals surface area contributed by atoms with Crippen LogP contribution in [0.25, 0.3) is 0 Å². The molecule has 2 aromatic carbocycles. The first-order valence-corrected chi connectivity index (χ1v) is 12.4. The van der Waals surface area contributed by atoms with E-state index in [0.717, 1.165) is 18.6 Å². The number of halogens is 2. The van der Waals surface area contributed by atoms with Crippen molar-refractivity contribution in [1.82, 2.24) is 4.90 Å². The molecule has 10 heteroatoms. The molecule has 0 heterocycles. The Hall–Kier alpha value is -1.68. The van der Waals surface area contributed by atoms with Crippen molar-refractivity contribution >= 4 is 37.0 Å². The van der Waals surface area contributed by atoms with Crippen molar-refractivity contribution < 1.29 is 21.2 Å². The summed E-state index contributed by atoms with van der Waals surface area (Å²) in [5.41, 5.74) is 0.518. The Bertz CT molecular complexity index is 1070. The van der Waals surface area contributed by atoms with Crippen molar-refractivity contribution in [1.29, 1.82) is 0 Å². The van der Waals surface area contributed by atoms with Crippen LogP contribution in [-0.4, -0.2) is 54.9 Å². The van der Waals surface area contributed by atoms with Crippen LogP contribution in [-0.2, 0) is 19.7 Å². The minimum absolute atomic E-state index is 0.0974. The predicted molar refractivity (Wildman–Crippen MR) is 109 cm³/mol. The standard InChI is InChI=1S/C18H22ClFN2O4S2/c1-22(2)16(18-13(19)6-5-7-14(18)20)11-21-15-9-8-12(27(3,23)24)10-17(15)28(4,25)26/h5-10,16,21H,11H2,1-4H3. The number of sulfone groups is 2. The van der Waals surface area contributed by atoms with Gasteiger partial charge in [0.25, 0.3) is 0 Å². The molecule has 2 aromatic rings. The van der Waals surface area contributed by atoms with Gasteiger partial charge in [0.05, 0.1) is 21.5 Å². The molecule has 0 aliphatic rings. The SMILES string of the molecule is CN(C)C(CNc1ccc(S(C)(=O)=O)cc1S(C)(=O)=O)c1c(F)cccc1Cl. The van der Waals surface area contributed by atoms with Crippen molar-refractivity contribution in [3.8, 4) is 0 Å². The Morgan fingerprint density at radius 1 is 1.07 bits per heavy atom. The molecule has 0 fully saturated rings. The number of benzene rings is 2. The highest BCUT2D eigenvalue weighted by Crippen LogP contribution is 2.31. The Morgan fingerprint density at radius 3 is 2.21 bits per heavy atom. The highest BCUT2D eigenvalue weighted by atomic mass is 35.5. The average Bonchev–Trinajstić information content (AvgIpc) is 2.55. The topological polar surface area (TPSA) is 83.6 Å². The van der Waals surface area contributed by atoms with E-state index in [-0.39, 0.29) is 32.6 Å². The summed E-state index contributed by atoms with van der Waals surface area (Å²) in [5.74, 6) is -0.469. The van der Waals surface area contributed by atoms with E-state index >= 15 is 0 Å². The fourth-order valence-electron chi connectivity index (χ4n) is 2.76. The lowest BCUT2D eigenvalue weighted by Gasteiger charge is -2.27. The van der Waals surface area contributed by atoms with Gasteiger partial charge in [-0.2, -0.15) is 0 Å². The van der Waals surface area contributed by atoms with Gasteiger partial charge in [-0.25, -0.2) is 21.2 Å². The minimum atomic E-state index is -3.71. The lowest BCUT2D eigenvalue weighted by molar-refractivity contribution is 0.304. The smallest absolute Gasteiger partial charge is 0.177 e. The number of rotatable bonds is 7. The fourth-order valence-corrected chi connectivity index (χ4v) is 4.66. The van der Waals surface area contributed by atoms with Crippen molar-refractivity contribution in [2.45, 2.75) is 15.8 Å². The van der Waals surface area contributed by atoms with E-state index in [2.05, 4.69) is 5.32 Å². The van der Waals surface area contributed by atoms with Gasteiger partial charge < -0.3 is 10.2 Å². The number of nitrogens with zero attached hydrogens (tertiary/aromatic N) is 1. The Morgan fingerprint density at radius 2 is 1.71 bits per heavy atom. The molecule has 0 saturated heterocycles. The second-order valence-corrected chi connectivity index (χ2v) is 11.1. The van der Waals surface area contributed by atoms with E-state index in [1.807, 2.05) is 0 Å². The average molecular weight is 449 g/mol. The monoisotopic (exact) mass is 448 g/mol. The third kappa shape index (κ3) is 5.22. The van der Waals surface area contributed by atoms with Gasteiger partial charge in [-0.3, -0.25) is 0 Å². The number of likely N-dealkylation sites (N-methyl/N-ethyl adjacent to an activating group) is 1. The molecule has 0 spiro atoms. The fraction of sp³-hybridized carbons (Fsp3) is 0.333. The summed E-state index contributed by atoms with van der Waals surface area (Å²) < 4.78 is 62.2. The first-order chi connectivity index (χ1) is 12.8. The van der Waals surface area contributed by atoms with Crippen molar-refractivity contribution in [2.75, 3.05) is 38.5 Å². The number of hydrogen-bond donors (Lipinski definition) is 1. The molecule has 0 aliphatic heterocycles. The second kappa shape index (κ2) is 8.36. The predicted octanol–water partition coefficient (Wildman–Crippen LogP) is 3.00. The van der Waals surface area contributed by atoms with Gasteiger partial charge in [-0.05, 0) is 44.4 Å². The molecule has 1 N–H and O–H groups in total. The minimum Gasteiger partial charge on any atom is -0.382 e. The van der Waals surface area contributed by atoms with Crippen molar-refractivity contribution in [2.24, 2.45) is 0 Å². The maximum atomic E-state index is 14.3. The van der Waals surface area contributed by atoms with Gasteiger partial charge in [0.2, 0.25) is 0 Å². The third-order valence-electron chi connectivity index (χ3n) is 4.22. The lowest BCUT2D eigenvalue weighted by atomic mass is 10.0. The molecule has 0 aliphatic carbocycles. The molecule has 0 bridgehead atoms. The van der Waals surface area contributed by atoms with E-state index in [4.69, 9.17) is 11.6 Å². The Kier molecular flexibility index (Phi) is 6.75. The summed E-state index contributed by atoms with van der Waals surface area (Å²) in [6, 6.07) is 7.74. The van der Waals surface area contributed by atoms with Gasteiger partial charge in [-0.1, -0.05) is 17.7 Å². The lowest BCUT2D eigenvalue weighted by Crippen LogP contribution is -2.28. The second-order valence-electron chi connectivity index (χ2n) is 6.70. The van der Waals surface area contributed by atoms with Crippen LogP contribution < -0.4 is 5.32 Å². The maximum Gasteiger partial charge on any atom is 0.177 e. The highest BCUT2D eigenvalue weighted by Gasteiger charge is 2.23. The molecule has 154 valence electrons. The van der Waals surface area contributed by atoms with Crippen LogP contribution in [0, 0.1) is 5.82 Å². The van der Waals surface area contributed by atoms with Gasteiger partial charge in [-0.15, -0.1) is 0 Å². The summed E-state index contributed by atoms with van der Waals surface area (Å²) in [5, 5.41) is 3.25. The quantitative estimate of drug-likeness (QED) is 0.701. The summed E-state index contributed by atoms with van der Waals surface area (Å²) >= 11 is 6.17. The normalized spacial score (nSPS) is 13.5. The summed E-state index contributed by atoms with van der Waals surface area (Å²) in [4.78, 5) is 1.51. The van der Waals surface area contributed by atoms with Crippen molar-refractivity contribution in [3.05, 3.63) is 52.8 Å². The zero-order chi connectivity index (χ0) is 21.3. The van der Waals surface area contributed by atoms with E-state index in [0.29, 0.717) is 0 Å². The van der Waals surface area contributed by atoms with Crippen LogP contribution in [0.5, 0.6) is 0 Å². The first-order valence-electron chi connectivity index (χ1n) is 8.20. The third-order valence-corrected chi connectivity index (χ3v) is 6.80. The zero-order valence-corrected chi connectivity index (χ0v) is 18.3. The molecular weight excluding hydrogens is 427 g/mol. The molecule has 2 rings (SSSR count). The molecule has 0 saturated carbocycles. The van der Waals surface area contributed by atoms with E-state index in [1.165, 1.54) is 24.3 Å². The maximum absolute atomic E-state index is 14.3. The van der Waals surface area contributed by atoms with Crippen molar-refractivity contribution in [3.63, 3.8) is 0 Å². The number of nitrogens with one attached hydrogen (secondary N) is 1. The Balaban J connectivity index is 2.44. The largest absolute Gasteiger partial charge is 0.382 e. The Labute approximate surface area is 170 Å².